The number of carbonyl (C=O) groups is 2. The zero-order valence-electron chi connectivity index (χ0n) is 11.6. The number of rotatable bonds is 8. The molecule has 1 aliphatic rings. The minimum Gasteiger partial charge on any atom is -0.465 e. The molecule has 0 heterocycles. The first-order valence-electron chi connectivity index (χ1n) is 7.17. The fourth-order valence-corrected chi connectivity index (χ4v) is 2.37. The van der Waals surface area contributed by atoms with Crippen LogP contribution < -0.4 is 0 Å². The van der Waals surface area contributed by atoms with E-state index in [0.29, 0.717) is 18.9 Å². The molecular weight excluding hydrogens is 303 g/mol. The number of alkyl halides is 2. The van der Waals surface area contributed by atoms with Gasteiger partial charge in [0.1, 0.15) is 11.4 Å². The first kappa shape index (κ1) is 17.6. The number of ether oxygens (including phenoxy) is 2. The first-order chi connectivity index (χ1) is 9.58. The van der Waals surface area contributed by atoms with E-state index in [0.717, 1.165) is 12.8 Å². The fourth-order valence-electron chi connectivity index (χ4n) is 2.24. The van der Waals surface area contributed by atoms with Gasteiger partial charge in [-0.2, -0.15) is 0 Å². The van der Waals surface area contributed by atoms with Crippen molar-refractivity contribution < 1.29 is 19.1 Å². The lowest BCUT2D eigenvalue weighted by atomic mass is 9.90. The van der Waals surface area contributed by atoms with E-state index in [4.69, 9.17) is 32.7 Å². The van der Waals surface area contributed by atoms with E-state index in [9.17, 15) is 9.59 Å². The Balaban J connectivity index is 2.00. The Kier molecular flexibility index (Phi) is 9.03. The summed E-state index contributed by atoms with van der Waals surface area (Å²) in [4.78, 5) is 22.1. The van der Waals surface area contributed by atoms with Crippen LogP contribution in [0.25, 0.3) is 0 Å². The maximum absolute atomic E-state index is 11.5. The molecule has 0 amide bonds. The van der Waals surface area contributed by atoms with E-state index < -0.39 is 10.8 Å². The molecule has 20 heavy (non-hydrogen) atoms. The molecule has 0 aromatic rings. The molecule has 116 valence electrons. The molecule has 0 unspecified atom stereocenters. The normalized spacial score (nSPS) is 16.1. The van der Waals surface area contributed by atoms with Gasteiger partial charge in [0.05, 0.1) is 6.61 Å². The van der Waals surface area contributed by atoms with E-state index in [-0.39, 0.29) is 25.4 Å². The van der Waals surface area contributed by atoms with Gasteiger partial charge in [-0.05, 0) is 25.2 Å². The largest absolute Gasteiger partial charge is 0.465 e. The lowest BCUT2D eigenvalue weighted by Crippen LogP contribution is -2.17. The number of carbonyl (C=O) groups excluding carboxylic acids is 2. The number of hydrogen-bond acceptors (Lipinski definition) is 4. The van der Waals surface area contributed by atoms with Crippen LogP contribution in [0, 0.1) is 5.92 Å². The van der Waals surface area contributed by atoms with E-state index in [1.807, 2.05) is 0 Å². The van der Waals surface area contributed by atoms with Crippen molar-refractivity contribution in [3.05, 3.63) is 0 Å². The molecule has 6 heteroatoms. The summed E-state index contributed by atoms with van der Waals surface area (Å²) in [5.41, 5.74) is 0. The minimum absolute atomic E-state index is 0.0198. The highest BCUT2D eigenvalue weighted by Gasteiger charge is 2.15. The molecule has 1 saturated carbocycles. The Hall–Kier alpha value is -0.480. The van der Waals surface area contributed by atoms with Crippen molar-refractivity contribution in [1.29, 1.82) is 0 Å². The Morgan fingerprint density at radius 2 is 1.60 bits per heavy atom. The van der Waals surface area contributed by atoms with E-state index in [1.54, 1.807) is 0 Å². The van der Waals surface area contributed by atoms with Gasteiger partial charge in [-0.25, -0.2) is 0 Å². The highest BCUT2D eigenvalue weighted by Crippen LogP contribution is 2.23. The third-order valence-corrected chi connectivity index (χ3v) is 3.59. The van der Waals surface area contributed by atoms with Crippen LogP contribution in [0.5, 0.6) is 0 Å². The van der Waals surface area contributed by atoms with Crippen molar-refractivity contribution in [2.24, 2.45) is 5.92 Å². The van der Waals surface area contributed by atoms with Gasteiger partial charge in [-0.15, -0.1) is 23.2 Å². The van der Waals surface area contributed by atoms with Gasteiger partial charge in [0.15, 0.2) is 0 Å². The van der Waals surface area contributed by atoms with Crippen molar-refractivity contribution in [2.45, 2.75) is 56.2 Å². The van der Waals surface area contributed by atoms with Crippen LogP contribution in [0.1, 0.15) is 51.4 Å². The molecule has 0 N–H and O–H groups in total. The standard InChI is InChI=1S/C14H22Cl2O4/c15-12(16)10-20-14(18)8-4-7-13(17)19-9-11-5-2-1-3-6-11/h11-12H,1-10H2. The molecule has 1 rings (SSSR count). The summed E-state index contributed by atoms with van der Waals surface area (Å²) in [5, 5.41) is 0. The Morgan fingerprint density at radius 1 is 1.00 bits per heavy atom. The molecule has 0 aromatic carbocycles. The summed E-state index contributed by atoms with van der Waals surface area (Å²) in [6.07, 6.45) is 6.91. The van der Waals surface area contributed by atoms with Crippen LogP contribution in [0.15, 0.2) is 0 Å². The van der Waals surface area contributed by atoms with Gasteiger partial charge in [0.2, 0.25) is 0 Å². The van der Waals surface area contributed by atoms with Crippen LogP contribution in [0.3, 0.4) is 0 Å². The summed E-state index contributed by atoms with van der Waals surface area (Å²) in [6.45, 7) is 0.498. The quantitative estimate of drug-likeness (QED) is 0.505. The van der Waals surface area contributed by atoms with Gasteiger partial charge in [0.25, 0.3) is 0 Å². The predicted molar refractivity (Wildman–Crippen MR) is 77.8 cm³/mol. The SMILES string of the molecule is O=C(CCCC(=O)OCC1CCCCC1)OCC(Cl)Cl. The maximum Gasteiger partial charge on any atom is 0.305 e. The molecule has 1 aliphatic carbocycles. The second kappa shape index (κ2) is 10.3. The summed E-state index contributed by atoms with van der Waals surface area (Å²) in [5.74, 6) is -0.116. The van der Waals surface area contributed by atoms with Crippen molar-refractivity contribution in [1.82, 2.24) is 0 Å². The molecule has 0 aliphatic heterocycles. The highest BCUT2D eigenvalue weighted by molar-refractivity contribution is 6.44. The second-order valence-electron chi connectivity index (χ2n) is 5.11. The Labute approximate surface area is 130 Å². The topological polar surface area (TPSA) is 52.6 Å². The van der Waals surface area contributed by atoms with Crippen molar-refractivity contribution in [3.8, 4) is 0 Å². The average Bonchev–Trinajstić information content (AvgIpc) is 2.44. The van der Waals surface area contributed by atoms with E-state index >= 15 is 0 Å². The predicted octanol–water partition coefficient (Wildman–Crippen LogP) is 3.63. The third-order valence-electron chi connectivity index (χ3n) is 3.34. The molecule has 0 bridgehead atoms. The van der Waals surface area contributed by atoms with Crippen molar-refractivity contribution in [3.63, 3.8) is 0 Å². The number of esters is 2. The molecule has 0 radical (unpaired) electrons. The van der Waals surface area contributed by atoms with Gasteiger partial charge in [-0.1, -0.05) is 19.3 Å². The zero-order valence-corrected chi connectivity index (χ0v) is 13.1. The molecule has 0 aromatic heterocycles. The van der Waals surface area contributed by atoms with Crippen LogP contribution in [0.4, 0.5) is 0 Å². The van der Waals surface area contributed by atoms with Crippen LogP contribution >= 0.6 is 23.2 Å². The Bertz CT molecular complexity index is 302. The van der Waals surface area contributed by atoms with Gasteiger partial charge < -0.3 is 9.47 Å². The van der Waals surface area contributed by atoms with Crippen molar-refractivity contribution >= 4 is 35.1 Å². The maximum atomic E-state index is 11.5. The summed E-state index contributed by atoms with van der Waals surface area (Å²) >= 11 is 10.9. The fraction of sp³-hybridized carbons (Fsp3) is 0.857. The van der Waals surface area contributed by atoms with E-state index in [2.05, 4.69) is 0 Å². The Morgan fingerprint density at radius 3 is 2.20 bits per heavy atom. The second-order valence-corrected chi connectivity index (χ2v) is 6.39. The smallest absolute Gasteiger partial charge is 0.305 e. The zero-order chi connectivity index (χ0) is 14.8. The van der Waals surface area contributed by atoms with Gasteiger partial charge in [0, 0.05) is 12.8 Å². The molecule has 0 spiro atoms. The monoisotopic (exact) mass is 324 g/mol. The van der Waals surface area contributed by atoms with Gasteiger partial charge >= 0.3 is 11.9 Å². The van der Waals surface area contributed by atoms with Gasteiger partial charge in [-0.3, -0.25) is 9.59 Å². The van der Waals surface area contributed by atoms with Crippen LogP contribution in [-0.2, 0) is 19.1 Å². The van der Waals surface area contributed by atoms with Crippen molar-refractivity contribution in [2.75, 3.05) is 13.2 Å². The molecule has 4 nitrogen and oxygen atoms in total. The summed E-state index contributed by atoms with van der Waals surface area (Å²) < 4.78 is 10.0. The molecule has 0 atom stereocenters. The lowest BCUT2D eigenvalue weighted by Gasteiger charge is -2.20. The molecular formula is C14H22Cl2O4. The number of hydrogen-bond donors (Lipinski definition) is 0. The van der Waals surface area contributed by atoms with Crippen LogP contribution in [0.2, 0.25) is 0 Å². The number of halogens is 2. The average molecular weight is 325 g/mol. The van der Waals surface area contributed by atoms with E-state index in [1.165, 1.54) is 19.3 Å². The third kappa shape index (κ3) is 8.64. The summed E-state index contributed by atoms with van der Waals surface area (Å²) in [6, 6.07) is 0. The minimum atomic E-state index is -0.709. The lowest BCUT2D eigenvalue weighted by molar-refractivity contribution is -0.146. The molecule has 1 fully saturated rings. The first-order valence-corrected chi connectivity index (χ1v) is 8.04. The summed E-state index contributed by atoms with van der Waals surface area (Å²) in [7, 11) is 0. The van der Waals surface area contributed by atoms with Crippen LogP contribution in [-0.4, -0.2) is 30.0 Å². The highest BCUT2D eigenvalue weighted by atomic mass is 35.5. The molecule has 0 saturated heterocycles.